The molecule has 0 spiro atoms. The summed E-state index contributed by atoms with van der Waals surface area (Å²) in [6.45, 7) is 1.22. The van der Waals surface area contributed by atoms with Crippen molar-refractivity contribution >= 4 is 11.8 Å². The van der Waals surface area contributed by atoms with Gasteiger partial charge in [0.05, 0.1) is 5.41 Å². The van der Waals surface area contributed by atoms with Crippen LogP contribution in [0.2, 0.25) is 0 Å². The highest BCUT2D eigenvalue weighted by molar-refractivity contribution is 5.86. The minimum absolute atomic E-state index is 0.134. The lowest BCUT2D eigenvalue weighted by Gasteiger charge is -2.31. The Kier molecular flexibility index (Phi) is 5.94. The second-order valence-electron chi connectivity index (χ2n) is 9.21. The number of benzene rings is 2. The molecule has 1 aliphatic heterocycles. The second-order valence-corrected chi connectivity index (χ2v) is 9.21. The third-order valence-corrected chi connectivity index (χ3v) is 6.81. The fraction of sp³-hybridized carbons (Fsp3) is 0.462. The van der Waals surface area contributed by atoms with Crippen molar-refractivity contribution in [1.29, 1.82) is 0 Å². The summed E-state index contributed by atoms with van der Waals surface area (Å²) in [6.07, 6.45) is 5.71. The number of amides is 2. The molecule has 158 valence electrons. The van der Waals surface area contributed by atoms with Gasteiger partial charge in [-0.1, -0.05) is 67.4 Å². The molecule has 0 bridgehead atoms. The van der Waals surface area contributed by atoms with Gasteiger partial charge >= 0.3 is 0 Å². The molecule has 2 aliphatic rings. The first-order valence-corrected chi connectivity index (χ1v) is 11.1. The zero-order valence-corrected chi connectivity index (χ0v) is 18.1. The van der Waals surface area contributed by atoms with E-state index in [9.17, 15) is 9.59 Å². The van der Waals surface area contributed by atoms with E-state index in [1.807, 2.05) is 37.2 Å². The molecule has 4 nitrogen and oxygen atoms in total. The van der Waals surface area contributed by atoms with E-state index >= 15 is 0 Å². The van der Waals surface area contributed by atoms with Crippen LogP contribution in [0.15, 0.2) is 54.6 Å². The number of carbonyl (C=O) groups is 2. The van der Waals surface area contributed by atoms with Crippen molar-refractivity contribution in [3.63, 3.8) is 0 Å². The highest BCUT2D eigenvalue weighted by Gasteiger charge is 2.47. The number of nitrogens with zero attached hydrogens (tertiary/aromatic N) is 2. The van der Waals surface area contributed by atoms with E-state index in [0.29, 0.717) is 19.5 Å². The summed E-state index contributed by atoms with van der Waals surface area (Å²) in [5, 5.41) is 0. The molecule has 4 heteroatoms. The van der Waals surface area contributed by atoms with Gasteiger partial charge in [0, 0.05) is 33.1 Å². The van der Waals surface area contributed by atoms with E-state index < -0.39 is 5.41 Å². The van der Waals surface area contributed by atoms with Crippen molar-refractivity contribution in [2.75, 3.05) is 27.2 Å². The molecule has 4 rings (SSSR count). The van der Waals surface area contributed by atoms with E-state index in [4.69, 9.17) is 0 Å². The van der Waals surface area contributed by atoms with Gasteiger partial charge in [-0.3, -0.25) is 9.59 Å². The minimum Gasteiger partial charge on any atom is -0.348 e. The molecule has 1 saturated carbocycles. The van der Waals surface area contributed by atoms with Crippen LogP contribution in [0.1, 0.15) is 37.7 Å². The van der Waals surface area contributed by atoms with Crippen LogP contribution in [0.25, 0.3) is 11.1 Å². The molecular weight excluding hydrogens is 372 g/mol. The third kappa shape index (κ3) is 4.14. The Labute approximate surface area is 179 Å². The maximum Gasteiger partial charge on any atom is 0.230 e. The molecular formula is C26H32N2O2. The quantitative estimate of drug-likeness (QED) is 0.741. The Balaban J connectivity index is 1.58. The fourth-order valence-electron chi connectivity index (χ4n) is 5.24. The van der Waals surface area contributed by atoms with Crippen LogP contribution in [-0.2, 0) is 16.0 Å². The number of hydrogen-bond acceptors (Lipinski definition) is 2. The Morgan fingerprint density at radius 1 is 1.00 bits per heavy atom. The monoisotopic (exact) mass is 404 g/mol. The van der Waals surface area contributed by atoms with E-state index in [1.54, 1.807) is 4.90 Å². The van der Waals surface area contributed by atoms with E-state index in [2.05, 4.69) is 36.4 Å². The average molecular weight is 405 g/mol. The number of rotatable bonds is 5. The molecule has 2 aromatic carbocycles. The summed E-state index contributed by atoms with van der Waals surface area (Å²) in [7, 11) is 3.65. The van der Waals surface area contributed by atoms with Crippen molar-refractivity contribution < 1.29 is 9.59 Å². The zero-order valence-electron chi connectivity index (χ0n) is 18.1. The fourth-order valence-corrected chi connectivity index (χ4v) is 5.24. The molecule has 1 heterocycles. The lowest BCUT2D eigenvalue weighted by Crippen LogP contribution is -2.45. The molecule has 2 amide bonds. The Hall–Kier alpha value is -2.62. The smallest absolute Gasteiger partial charge is 0.230 e. The van der Waals surface area contributed by atoms with Gasteiger partial charge in [-0.15, -0.1) is 0 Å². The Bertz CT molecular complexity index is 902. The van der Waals surface area contributed by atoms with Crippen molar-refractivity contribution in [3.8, 4) is 11.1 Å². The first-order valence-electron chi connectivity index (χ1n) is 11.1. The van der Waals surface area contributed by atoms with Crippen LogP contribution < -0.4 is 0 Å². The van der Waals surface area contributed by atoms with Crippen molar-refractivity contribution in [3.05, 3.63) is 60.2 Å². The Morgan fingerprint density at radius 3 is 2.40 bits per heavy atom. The number of likely N-dealkylation sites (tertiary alicyclic amines) is 1. The number of hydrogen-bond donors (Lipinski definition) is 0. The predicted octanol–water partition coefficient (Wildman–Crippen LogP) is 4.39. The van der Waals surface area contributed by atoms with Gasteiger partial charge in [0.1, 0.15) is 0 Å². The summed E-state index contributed by atoms with van der Waals surface area (Å²) >= 11 is 0. The lowest BCUT2D eigenvalue weighted by atomic mass is 9.79. The average Bonchev–Trinajstić information content (AvgIpc) is 3.45. The highest BCUT2D eigenvalue weighted by Crippen LogP contribution is 2.38. The molecule has 2 aromatic rings. The van der Waals surface area contributed by atoms with Gasteiger partial charge in [-0.2, -0.15) is 0 Å². The van der Waals surface area contributed by atoms with Gasteiger partial charge in [0.15, 0.2) is 0 Å². The molecule has 0 N–H and O–H groups in total. The van der Waals surface area contributed by atoms with Gasteiger partial charge in [-0.05, 0) is 42.4 Å². The third-order valence-electron chi connectivity index (χ3n) is 6.81. The van der Waals surface area contributed by atoms with Gasteiger partial charge < -0.3 is 9.80 Å². The lowest BCUT2D eigenvalue weighted by molar-refractivity contribution is -0.140. The maximum absolute atomic E-state index is 13.3. The van der Waals surface area contributed by atoms with E-state index in [-0.39, 0.29) is 17.7 Å². The SMILES string of the molecule is CN(C)C(=O)[C@@]1(Cc2cccc(-c3ccccc3)c2)CCN(C(=O)C2CCCC2)C1. The van der Waals surface area contributed by atoms with Crippen LogP contribution in [0.4, 0.5) is 0 Å². The second kappa shape index (κ2) is 8.63. The standard InChI is InChI=1S/C26H32N2O2/c1-27(2)25(30)26(15-16-28(19-26)24(29)22-12-6-7-13-22)18-20-9-8-14-23(17-20)21-10-4-3-5-11-21/h3-5,8-11,14,17,22H,6-7,12-13,15-16,18-19H2,1-2H3/t26-/m1/s1. The number of carbonyl (C=O) groups excluding carboxylic acids is 2. The van der Waals surface area contributed by atoms with Gasteiger partial charge in [0.2, 0.25) is 11.8 Å². The van der Waals surface area contributed by atoms with Crippen molar-refractivity contribution in [2.45, 2.75) is 38.5 Å². The molecule has 0 radical (unpaired) electrons. The van der Waals surface area contributed by atoms with Gasteiger partial charge in [-0.25, -0.2) is 0 Å². The molecule has 2 fully saturated rings. The normalized spacial score (nSPS) is 21.7. The van der Waals surface area contributed by atoms with E-state index in [0.717, 1.165) is 43.2 Å². The van der Waals surface area contributed by atoms with Crippen LogP contribution in [0, 0.1) is 11.3 Å². The maximum atomic E-state index is 13.3. The van der Waals surface area contributed by atoms with Crippen LogP contribution >= 0.6 is 0 Å². The van der Waals surface area contributed by atoms with Crippen molar-refractivity contribution in [1.82, 2.24) is 9.80 Å². The molecule has 1 saturated heterocycles. The summed E-state index contributed by atoms with van der Waals surface area (Å²) in [6, 6.07) is 18.8. The first-order chi connectivity index (χ1) is 14.5. The zero-order chi connectivity index (χ0) is 21.1. The summed E-state index contributed by atoms with van der Waals surface area (Å²) < 4.78 is 0. The Morgan fingerprint density at radius 2 is 1.70 bits per heavy atom. The summed E-state index contributed by atoms with van der Waals surface area (Å²) in [5.41, 5.74) is 2.96. The molecule has 0 unspecified atom stereocenters. The van der Waals surface area contributed by atoms with E-state index in [1.165, 1.54) is 5.56 Å². The highest BCUT2D eigenvalue weighted by atomic mass is 16.2. The molecule has 30 heavy (non-hydrogen) atoms. The minimum atomic E-state index is -0.535. The van der Waals surface area contributed by atoms with Gasteiger partial charge in [0.25, 0.3) is 0 Å². The molecule has 0 aromatic heterocycles. The van der Waals surface area contributed by atoms with Crippen LogP contribution in [0.5, 0.6) is 0 Å². The van der Waals surface area contributed by atoms with Crippen LogP contribution in [0.3, 0.4) is 0 Å². The largest absolute Gasteiger partial charge is 0.348 e. The van der Waals surface area contributed by atoms with Crippen molar-refractivity contribution in [2.24, 2.45) is 11.3 Å². The first kappa shape index (κ1) is 20.6. The summed E-state index contributed by atoms with van der Waals surface area (Å²) in [4.78, 5) is 30.0. The molecule has 1 atom stereocenters. The topological polar surface area (TPSA) is 40.6 Å². The summed E-state index contributed by atoms with van der Waals surface area (Å²) in [5.74, 6) is 0.560. The predicted molar refractivity (Wildman–Crippen MR) is 120 cm³/mol. The molecule has 1 aliphatic carbocycles. The van der Waals surface area contributed by atoms with Crippen LogP contribution in [-0.4, -0.2) is 48.8 Å².